The number of thiazole rings is 1. The highest BCUT2D eigenvalue weighted by Gasteiger charge is 2.17. The van der Waals surface area contributed by atoms with Crippen molar-refractivity contribution in [2.75, 3.05) is 26.2 Å². The second-order valence-electron chi connectivity index (χ2n) is 5.00. The number of aryl methyl sites for hydroxylation is 1. The van der Waals surface area contributed by atoms with Gasteiger partial charge in [-0.3, -0.25) is 4.79 Å². The molecule has 1 aromatic rings. The predicted octanol–water partition coefficient (Wildman–Crippen LogP) is 1.75. The van der Waals surface area contributed by atoms with Crippen LogP contribution in [0, 0.1) is 6.92 Å². The number of aliphatic imine (C=N–C) groups is 1. The zero-order chi connectivity index (χ0) is 15.1. The van der Waals surface area contributed by atoms with E-state index in [1.807, 2.05) is 24.9 Å². The molecule has 1 saturated heterocycles. The summed E-state index contributed by atoms with van der Waals surface area (Å²) in [4.78, 5) is 23.7. The zero-order valence-electron chi connectivity index (χ0n) is 13.1. The molecule has 1 aliphatic heterocycles. The molecule has 1 amide bonds. The van der Waals surface area contributed by atoms with Crippen LogP contribution < -0.4 is 10.6 Å². The molecule has 0 aliphatic carbocycles. The van der Waals surface area contributed by atoms with Gasteiger partial charge in [0.2, 0.25) is 5.91 Å². The van der Waals surface area contributed by atoms with Crippen molar-refractivity contribution in [3.63, 3.8) is 0 Å². The average Bonchev–Trinajstić information content (AvgIpc) is 3.13. The van der Waals surface area contributed by atoms with E-state index in [4.69, 9.17) is 0 Å². The molecule has 2 rings (SSSR count). The third-order valence-corrected chi connectivity index (χ3v) is 4.16. The normalized spacial score (nSPS) is 14.6. The van der Waals surface area contributed by atoms with Crippen molar-refractivity contribution in [2.45, 2.75) is 33.2 Å². The van der Waals surface area contributed by atoms with Gasteiger partial charge in [-0.25, -0.2) is 9.98 Å². The van der Waals surface area contributed by atoms with Crippen LogP contribution >= 0.6 is 35.3 Å². The third-order valence-electron chi connectivity index (χ3n) is 3.25. The molecule has 1 aliphatic rings. The third kappa shape index (κ3) is 6.07. The summed E-state index contributed by atoms with van der Waals surface area (Å²) >= 11 is 1.66. The van der Waals surface area contributed by atoms with Crippen LogP contribution in [0.5, 0.6) is 0 Å². The highest BCUT2D eigenvalue weighted by molar-refractivity contribution is 14.0. The van der Waals surface area contributed by atoms with Crippen LogP contribution in [-0.4, -0.2) is 47.9 Å². The number of likely N-dealkylation sites (tertiary alicyclic amines) is 1. The first-order valence-corrected chi connectivity index (χ1v) is 8.22. The zero-order valence-corrected chi connectivity index (χ0v) is 16.2. The minimum absolute atomic E-state index is 0. The van der Waals surface area contributed by atoms with Crippen LogP contribution in [0.3, 0.4) is 0 Å². The molecule has 1 aromatic heterocycles. The number of rotatable bonds is 5. The number of nitrogens with one attached hydrogen (secondary N) is 2. The van der Waals surface area contributed by atoms with Crippen molar-refractivity contribution >= 4 is 47.2 Å². The molecule has 0 atom stereocenters. The van der Waals surface area contributed by atoms with E-state index >= 15 is 0 Å². The molecular formula is C14H24IN5OS. The summed E-state index contributed by atoms with van der Waals surface area (Å²) in [7, 11) is 0. The van der Waals surface area contributed by atoms with Gasteiger partial charge >= 0.3 is 0 Å². The first kappa shape index (κ1) is 19.1. The van der Waals surface area contributed by atoms with E-state index in [2.05, 4.69) is 20.6 Å². The first-order chi connectivity index (χ1) is 10.2. The van der Waals surface area contributed by atoms with Crippen LogP contribution in [0.1, 0.15) is 29.7 Å². The molecule has 6 nitrogen and oxygen atoms in total. The summed E-state index contributed by atoms with van der Waals surface area (Å²) < 4.78 is 0. The number of aromatic nitrogens is 1. The van der Waals surface area contributed by atoms with Gasteiger partial charge in [-0.2, -0.15) is 0 Å². The summed E-state index contributed by atoms with van der Waals surface area (Å²) in [5, 5.41) is 7.38. The first-order valence-electron chi connectivity index (χ1n) is 7.40. The molecule has 0 saturated carbocycles. The fourth-order valence-electron chi connectivity index (χ4n) is 2.20. The van der Waals surface area contributed by atoms with Gasteiger partial charge in [-0.05, 0) is 26.7 Å². The van der Waals surface area contributed by atoms with Crippen LogP contribution in [0.4, 0.5) is 0 Å². The lowest BCUT2D eigenvalue weighted by molar-refractivity contribution is -0.128. The molecule has 22 heavy (non-hydrogen) atoms. The highest BCUT2D eigenvalue weighted by atomic mass is 127. The van der Waals surface area contributed by atoms with Crippen LogP contribution in [0.2, 0.25) is 0 Å². The smallest absolute Gasteiger partial charge is 0.244 e. The molecule has 0 bridgehead atoms. The Hall–Kier alpha value is -0.900. The standard InChI is InChI=1S/C14H23N5OS.HI/c1-3-15-14(17-9-12-16-8-11(2)21-12)18-10-13(20)19-6-4-5-7-19;/h8H,3-7,9-10H2,1-2H3,(H2,15,17,18);1H. The Labute approximate surface area is 152 Å². The number of guanidine groups is 1. The Morgan fingerprint density at radius 1 is 1.41 bits per heavy atom. The van der Waals surface area contributed by atoms with Crippen molar-refractivity contribution in [1.29, 1.82) is 0 Å². The maximum absolute atomic E-state index is 12.0. The molecule has 0 aromatic carbocycles. The Kier molecular flexibility index (Phi) is 8.69. The SMILES string of the molecule is CCNC(=NCC(=O)N1CCCC1)NCc1ncc(C)s1.I. The van der Waals surface area contributed by atoms with Crippen molar-refractivity contribution in [2.24, 2.45) is 4.99 Å². The van der Waals surface area contributed by atoms with Gasteiger partial charge in [0.25, 0.3) is 0 Å². The molecular weight excluding hydrogens is 413 g/mol. The fourth-order valence-corrected chi connectivity index (χ4v) is 2.92. The van der Waals surface area contributed by atoms with Gasteiger partial charge in [-0.15, -0.1) is 35.3 Å². The number of halogens is 1. The van der Waals surface area contributed by atoms with Gasteiger partial charge in [0, 0.05) is 30.7 Å². The van der Waals surface area contributed by atoms with Crippen LogP contribution in [0.25, 0.3) is 0 Å². The lowest BCUT2D eigenvalue weighted by Crippen LogP contribution is -2.38. The van der Waals surface area contributed by atoms with Crippen LogP contribution in [-0.2, 0) is 11.3 Å². The molecule has 1 fully saturated rings. The van der Waals surface area contributed by atoms with Gasteiger partial charge in [0.05, 0.1) is 6.54 Å². The minimum atomic E-state index is 0. The van der Waals surface area contributed by atoms with E-state index in [1.165, 1.54) is 4.88 Å². The predicted molar refractivity (Wildman–Crippen MR) is 101 cm³/mol. The van der Waals surface area contributed by atoms with E-state index in [0.29, 0.717) is 12.5 Å². The summed E-state index contributed by atoms with van der Waals surface area (Å²) in [5.74, 6) is 0.771. The largest absolute Gasteiger partial charge is 0.357 e. The van der Waals surface area contributed by atoms with Gasteiger partial charge in [0.15, 0.2) is 5.96 Å². The number of carbonyl (C=O) groups excluding carboxylic acids is 1. The molecule has 8 heteroatoms. The van der Waals surface area contributed by atoms with E-state index in [9.17, 15) is 4.79 Å². The lowest BCUT2D eigenvalue weighted by Gasteiger charge is -2.14. The topological polar surface area (TPSA) is 69.6 Å². The van der Waals surface area contributed by atoms with Crippen molar-refractivity contribution < 1.29 is 4.79 Å². The Morgan fingerprint density at radius 2 is 2.14 bits per heavy atom. The highest BCUT2D eigenvalue weighted by Crippen LogP contribution is 2.10. The lowest BCUT2D eigenvalue weighted by atomic mass is 10.4. The van der Waals surface area contributed by atoms with E-state index < -0.39 is 0 Å². The second kappa shape index (κ2) is 9.98. The average molecular weight is 437 g/mol. The summed E-state index contributed by atoms with van der Waals surface area (Å²) in [5.41, 5.74) is 0. The van der Waals surface area contributed by atoms with E-state index in [1.54, 1.807) is 11.3 Å². The Morgan fingerprint density at radius 3 is 2.73 bits per heavy atom. The molecule has 0 spiro atoms. The molecule has 2 heterocycles. The monoisotopic (exact) mass is 437 g/mol. The summed E-state index contributed by atoms with van der Waals surface area (Å²) in [6.07, 6.45) is 4.08. The van der Waals surface area contributed by atoms with Crippen molar-refractivity contribution in [3.05, 3.63) is 16.1 Å². The summed E-state index contributed by atoms with van der Waals surface area (Å²) in [6.45, 7) is 7.38. The van der Waals surface area contributed by atoms with Crippen molar-refractivity contribution in [1.82, 2.24) is 20.5 Å². The molecule has 2 N–H and O–H groups in total. The number of carbonyl (C=O) groups is 1. The number of nitrogens with zero attached hydrogens (tertiary/aromatic N) is 3. The van der Waals surface area contributed by atoms with Crippen molar-refractivity contribution in [3.8, 4) is 0 Å². The second-order valence-corrected chi connectivity index (χ2v) is 6.32. The van der Waals surface area contributed by atoms with Crippen LogP contribution in [0.15, 0.2) is 11.2 Å². The summed E-state index contributed by atoms with van der Waals surface area (Å²) in [6, 6.07) is 0. The number of hydrogen-bond donors (Lipinski definition) is 2. The van der Waals surface area contributed by atoms with Gasteiger partial charge in [-0.1, -0.05) is 0 Å². The Bertz CT molecular complexity index is 499. The minimum Gasteiger partial charge on any atom is -0.357 e. The fraction of sp³-hybridized carbons (Fsp3) is 0.643. The quantitative estimate of drug-likeness (QED) is 0.419. The maximum Gasteiger partial charge on any atom is 0.244 e. The Balaban J connectivity index is 0.00000242. The number of hydrogen-bond acceptors (Lipinski definition) is 4. The van der Waals surface area contributed by atoms with Gasteiger partial charge in [0.1, 0.15) is 11.6 Å². The van der Waals surface area contributed by atoms with E-state index in [-0.39, 0.29) is 36.4 Å². The van der Waals surface area contributed by atoms with Gasteiger partial charge < -0.3 is 15.5 Å². The molecule has 0 radical (unpaired) electrons. The molecule has 124 valence electrons. The number of amides is 1. The molecule has 0 unspecified atom stereocenters. The van der Waals surface area contributed by atoms with E-state index in [0.717, 1.165) is 37.5 Å². The maximum atomic E-state index is 12.0.